The average molecular weight is 208 g/mol. The highest BCUT2D eigenvalue weighted by molar-refractivity contribution is 5.75. The first-order chi connectivity index (χ1) is 7.13. The van der Waals surface area contributed by atoms with Crippen LogP contribution in [0.5, 0.6) is 0 Å². The number of carboxylic acids is 1. The van der Waals surface area contributed by atoms with Crippen LogP contribution in [0.1, 0.15) is 11.1 Å². The minimum absolute atomic E-state index is 0.0762. The molecule has 0 spiro atoms. The second-order valence-corrected chi connectivity index (χ2v) is 3.09. The van der Waals surface area contributed by atoms with Gasteiger partial charge in [-0.25, -0.2) is 0 Å². The van der Waals surface area contributed by atoms with Crippen LogP contribution in [0.25, 0.3) is 0 Å². The molecular weight excluding hydrogens is 196 g/mol. The Kier molecular flexibility index (Phi) is 3.85. The van der Waals surface area contributed by atoms with E-state index < -0.39 is 5.97 Å². The van der Waals surface area contributed by atoms with Gasteiger partial charge < -0.3 is 9.84 Å². The first kappa shape index (κ1) is 11.2. The molecule has 0 amide bonds. The standard InChI is InChI=1S/C11H12O4/c1-15-11(14)7-9-5-3-2-4-8(9)6-10(12)13/h2-5H,6-7H2,1H3,(H,12,13). The highest BCUT2D eigenvalue weighted by Crippen LogP contribution is 2.10. The van der Waals surface area contributed by atoms with Gasteiger partial charge in [0.1, 0.15) is 0 Å². The zero-order chi connectivity index (χ0) is 11.3. The van der Waals surface area contributed by atoms with Gasteiger partial charge in [0.15, 0.2) is 0 Å². The molecule has 80 valence electrons. The minimum atomic E-state index is -0.910. The van der Waals surface area contributed by atoms with E-state index in [0.29, 0.717) is 11.1 Å². The van der Waals surface area contributed by atoms with E-state index in [1.165, 1.54) is 7.11 Å². The summed E-state index contributed by atoms with van der Waals surface area (Å²) in [5.74, 6) is -1.28. The van der Waals surface area contributed by atoms with Crippen LogP contribution >= 0.6 is 0 Å². The van der Waals surface area contributed by atoms with Gasteiger partial charge in [-0.15, -0.1) is 0 Å². The van der Waals surface area contributed by atoms with Gasteiger partial charge in [-0.3, -0.25) is 9.59 Å². The second-order valence-electron chi connectivity index (χ2n) is 3.09. The van der Waals surface area contributed by atoms with Crippen LogP contribution in [0, 0.1) is 0 Å². The van der Waals surface area contributed by atoms with Gasteiger partial charge in [0.2, 0.25) is 0 Å². The van der Waals surface area contributed by atoms with E-state index in [4.69, 9.17) is 5.11 Å². The molecule has 0 aromatic heterocycles. The van der Waals surface area contributed by atoms with E-state index in [2.05, 4.69) is 4.74 Å². The summed E-state index contributed by atoms with van der Waals surface area (Å²) in [6.07, 6.45) is 0.0348. The summed E-state index contributed by atoms with van der Waals surface area (Å²) in [6.45, 7) is 0. The Balaban J connectivity index is 2.85. The van der Waals surface area contributed by atoms with Gasteiger partial charge in [-0.2, -0.15) is 0 Å². The molecule has 0 bridgehead atoms. The summed E-state index contributed by atoms with van der Waals surface area (Å²) in [6, 6.07) is 6.95. The van der Waals surface area contributed by atoms with Gasteiger partial charge in [0.25, 0.3) is 0 Å². The van der Waals surface area contributed by atoms with Crippen molar-refractivity contribution in [1.82, 2.24) is 0 Å². The smallest absolute Gasteiger partial charge is 0.309 e. The van der Waals surface area contributed by atoms with Crippen LogP contribution in [0.2, 0.25) is 0 Å². The van der Waals surface area contributed by atoms with Crippen molar-refractivity contribution < 1.29 is 19.4 Å². The zero-order valence-electron chi connectivity index (χ0n) is 8.40. The van der Waals surface area contributed by atoms with Crippen molar-refractivity contribution in [3.63, 3.8) is 0 Å². The Labute approximate surface area is 87.5 Å². The number of benzene rings is 1. The summed E-state index contributed by atoms with van der Waals surface area (Å²) in [5.41, 5.74) is 1.35. The van der Waals surface area contributed by atoms with Crippen molar-refractivity contribution in [3.8, 4) is 0 Å². The number of carbonyl (C=O) groups is 2. The van der Waals surface area contributed by atoms with Crippen LogP contribution < -0.4 is 0 Å². The number of methoxy groups -OCH3 is 1. The molecule has 4 heteroatoms. The summed E-state index contributed by atoms with van der Waals surface area (Å²) < 4.78 is 4.53. The summed E-state index contributed by atoms with van der Waals surface area (Å²) in [4.78, 5) is 21.6. The number of rotatable bonds is 4. The highest BCUT2D eigenvalue weighted by Gasteiger charge is 2.09. The van der Waals surface area contributed by atoms with E-state index in [1.807, 2.05) is 0 Å². The van der Waals surface area contributed by atoms with E-state index in [0.717, 1.165) is 0 Å². The number of ether oxygens (including phenoxy) is 1. The number of hydrogen-bond donors (Lipinski definition) is 1. The SMILES string of the molecule is COC(=O)Cc1ccccc1CC(=O)O. The lowest BCUT2D eigenvalue weighted by atomic mass is 10.0. The van der Waals surface area contributed by atoms with Gasteiger partial charge in [0.05, 0.1) is 20.0 Å². The molecule has 0 aliphatic rings. The molecule has 0 fully saturated rings. The molecule has 0 aliphatic carbocycles. The number of carbonyl (C=O) groups excluding carboxylic acids is 1. The molecule has 15 heavy (non-hydrogen) atoms. The first-order valence-electron chi connectivity index (χ1n) is 4.49. The van der Waals surface area contributed by atoms with Crippen LogP contribution in [-0.4, -0.2) is 24.2 Å². The quantitative estimate of drug-likeness (QED) is 0.750. The minimum Gasteiger partial charge on any atom is -0.481 e. The third-order valence-corrected chi connectivity index (χ3v) is 2.02. The molecule has 0 aliphatic heterocycles. The first-order valence-corrected chi connectivity index (χ1v) is 4.49. The van der Waals surface area contributed by atoms with E-state index >= 15 is 0 Å². The Morgan fingerprint density at radius 3 is 2.20 bits per heavy atom. The molecule has 0 saturated heterocycles. The van der Waals surface area contributed by atoms with E-state index in [9.17, 15) is 9.59 Å². The number of hydrogen-bond acceptors (Lipinski definition) is 3. The monoisotopic (exact) mass is 208 g/mol. The fourth-order valence-electron chi connectivity index (χ4n) is 1.29. The topological polar surface area (TPSA) is 63.6 Å². The fourth-order valence-corrected chi connectivity index (χ4v) is 1.29. The zero-order valence-corrected chi connectivity index (χ0v) is 8.40. The highest BCUT2D eigenvalue weighted by atomic mass is 16.5. The summed E-state index contributed by atoms with van der Waals surface area (Å²) in [7, 11) is 1.31. The van der Waals surface area contributed by atoms with Crippen LogP contribution in [-0.2, 0) is 27.2 Å². The predicted octanol–water partition coefficient (Wildman–Crippen LogP) is 1.03. The fraction of sp³-hybridized carbons (Fsp3) is 0.273. The Morgan fingerprint density at radius 1 is 1.20 bits per heavy atom. The van der Waals surface area contributed by atoms with E-state index in [-0.39, 0.29) is 18.8 Å². The van der Waals surface area contributed by atoms with Gasteiger partial charge in [0, 0.05) is 0 Å². The van der Waals surface area contributed by atoms with Crippen LogP contribution in [0.15, 0.2) is 24.3 Å². The molecule has 1 N–H and O–H groups in total. The maximum absolute atomic E-state index is 11.0. The van der Waals surface area contributed by atoms with Crippen LogP contribution in [0.3, 0.4) is 0 Å². The Bertz CT molecular complexity index is 371. The lowest BCUT2D eigenvalue weighted by Crippen LogP contribution is -2.09. The molecule has 1 rings (SSSR count). The molecule has 1 aromatic carbocycles. The number of aliphatic carboxylic acids is 1. The van der Waals surface area contributed by atoms with Gasteiger partial charge in [-0.05, 0) is 11.1 Å². The summed E-state index contributed by atoms with van der Waals surface area (Å²) >= 11 is 0. The molecular formula is C11H12O4. The van der Waals surface area contributed by atoms with Crippen molar-refractivity contribution >= 4 is 11.9 Å². The molecule has 4 nitrogen and oxygen atoms in total. The lowest BCUT2D eigenvalue weighted by Gasteiger charge is -2.05. The van der Waals surface area contributed by atoms with Crippen molar-refractivity contribution in [1.29, 1.82) is 0 Å². The van der Waals surface area contributed by atoms with Gasteiger partial charge >= 0.3 is 11.9 Å². The molecule has 0 radical (unpaired) electrons. The van der Waals surface area contributed by atoms with Crippen molar-refractivity contribution in [2.45, 2.75) is 12.8 Å². The molecule has 0 saturated carbocycles. The second kappa shape index (κ2) is 5.14. The normalized spacial score (nSPS) is 9.67. The van der Waals surface area contributed by atoms with Crippen molar-refractivity contribution in [3.05, 3.63) is 35.4 Å². The van der Waals surface area contributed by atoms with Gasteiger partial charge in [-0.1, -0.05) is 24.3 Å². The maximum atomic E-state index is 11.0. The number of esters is 1. The Morgan fingerprint density at radius 2 is 1.73 bits per heavy atom. The predicted molar refractivity (Wildman–Crippen MR) is 53.5 cm³/mol. The molecule has 1 aromatic rings. The van der Waals surface area contributed by atoms with Crippen molar-refractivity contribution in [2.24, 2.45) is 0 Å². The maximum Gasteiger partial charge on any atom is 0.309 e. The molecule has 0 unspecified atom stereocenters. The van der Waals surface area contributed by atoms with Crippen molar-refractivity contribution in [2.75, 3.05) is 7.11 Å². The average Bonchev–Trinajstić information content (AvgIpc) is 2.20. The third-order valence-electron chi connectivity index (χ3n) is 2.02. The number of carboxylic acid groups (broad SMARTS) is 1. The third kappa shape index (κ3) is 3.42. The van der Waals surface area contributed by atoms with E-state index in [1.54, 1.807) is 24.3 Å². The Hall–Kier alpha value is -1.84. The van der Waals surface area contributed by atoms with Crippen LogP contribution in [0.4, 0.5) is 0 Å². The lowest BCUT2D eigenvalue weighted by molar-refractivity contribution is -0.140. The summed E-state index contributed by atoms with van der Waals surface area (Å²) in [5, 5.41) is 8.67. The molecule has 0 heterocycles. The molecule has 0 atom stereocenters. The largest absolute Gasteiger partial charge is 0.481 e.